The monoisotopic (exact) mass is 478 g/mol. The molecule has 0 saturated carbocycles. The molecule has 4 aromatic rings. The summed E-state index contributed by atoms with van der Waals surface area (Å²) in [7, 11) is 0. The Labute approximate surface area is 201 Å². The first-order valence-corrected chi connectivity index (χ1v) is 12.9. The lowest BCUT2D eigenvalue weighted by molar-refractivity contribution is -0.118. The molecular formula is C25H26N4O2S2. The van der Waals surface area contributed by atoms with E-state index in [4.69, 9.17) is 9.72 Å². The molecule has 5 rings (SSSR count). The molecule has 0 spiro atoms. The zero-order valence-corrected chi connectivity index (χ0v) is 20.6. The van der Waals surface area contributed by atoms with Gasteiger partial charge in [0.1, 0.15) is 16.2 Å². The highest BCUT2D eigenvalue weighted by Crippen LogP contribution is 2.42. The smallest absolute Gasteiger partial charge is 0.230 e. The summed E-state index contributed by atoms with van der Waals surface area (Å²) in [6.07, 6.45) is 3.29. The maximum atomic E-state index is 12.4. The second-order valence-corrected chi connectivity index (χ2v) is 10.7. The topological polar surface area (TPSA) is 77.0 Å². The molecule has 1 aromatic carbocycles. The first-order chi connectivity index (χ1) is 15.9. The zero-order valence-electron chi connectivity index (χ0n) is 19.0. The lowest BCUT2D eigenvalue weighted by Crippen LogP contribution is -2.32. The highest BCUT2D eigenvalue weighted by atomic mass is 32.2. The maximum Gasteiger partial charge on any atom is 0.230 e. The molecule has 0 atom stereocenters. The second kappa shape index (κ2) is 9.00. The average Bonchev–Trinajstić information content (AvgIpc) is 3.20. The van der Waals surface area contributed by atoms with E-state index in [1.165, 1.54) is 22.9 Å². The van der Waals surface area contributed by atoms with Crippen molar-refractivity contribution in [3.8, 4) is 0 Å². The van der Waals surface area contributed by atoms with E-state index in [-0.39, 0.29) is 11.5 Å². The van der Waals surface area contributed by atoms with Crippen LogP contribution in [0.25, 0.3) is 20.4 Å². The summed E-state index contributed by atoms with van der Waals surface area (Å²) in [5.41, 5.74) is 5.40. The Morgan fingerprint density at radius 3 is 2.82 bits per heavy atom. The maximum absolute atomic E-state index is 12.4. The van der Waals surface area contributed by atoms with E-state index in [0.717, 1.165) is 49.6 Å². The third-order valence-corrected chi connectivity index (χ3v) is 8.09. The highest BCUT2D eigenvalue weighted by Gasteiger charge is 2.31. The Bertz CT molecular complexity index is 1340. The fourth-order valence-electron chi connectivity index (χ4n) is 4.23. The second-order valence-electron chi connectivity index (χ2n) is 8.78. The molecule has 0 bridgehead atoms. The van der Waals surface area contributed by atoms with E-state index in [2.05, 4.69) is 36.1 Å². The summed E-state index contributed by atoms with van der Waals surface area (Å²) in [5.74, 6) is 0.291. The normalized spacial score (nSPS) is 15.0. The van der Waals surface area contributed by atoms with Gasteiger partial charge in [0.05, 0.1) is 28.2 Å². The minimum Gasteiger partial charge on any atom is -0.370 e. The number of thioether (sulfide) groups is 1. The van der Waals surface area contributed by atoms with Gasteiger partial charge in [0.2, 0.25) is 5.91 Å². The highest BCUT2D eigenvalue weighted by molar-refractivity contribution is 8.00. The summed E-state index contributed by atoms with van der Waals surface area (Å²) >= 11 is 3.07. The number of hydrogen-bond donors (Lipinski definition) is 1. The van der Waals surface area contributed by atoms with E-state index in [0.29, 0.717) is 18.9 Å². The van der Waals surface area contributed by atoms with Crippen molar-refractivity contribution < 1.29 is 9.53 Å². The van der Waals surface area contributed by atoms with Gasteiger partial charge in [0.15, 0.2) is 0 Å². The fourth-order valence-corrected chi connectivity index (χ4v) is 6.31. The Kier molecular flexibility index (Phi) is 6.07. The number of aryl methyl sites for hydroxylation is 1. The number of benzene rings is 1. The van der Waals surface area contributed by atoms with Crippen molar-refractivity contribution in [2.24, 2.45) is 0 Å². The molecule has 1 amide bonds. The van der Waals surface area contributed by atoms with Crippen LogP contribution in [0.15, 0.2) is 41.7 Å². The number of thiophene rings is 1. The van der Waals surface area contributed by atoms with Crippen LogP contribution in [0, 0.1) is 0 Å². The summed E-state index contributed by atoms with van der Waals surface area (Å²) < 4.78 is 7.10. The van der Waals surface area contributed by atoms with Crippen LogP contribution in [0.4, 0.5) is 0 Å². The van der Waals surface area contributed by atoms with E-state index in [9.17, 15) is 4.79 Å². The number of fused-ring (bicyclic) bond motifs is 5. The summed E-state index contributed by atoms with van der Waals surface area (Å²) in [6, 6.07) is 9.92. The van der Waals surface area contributed by atoms with Crippen molar-refractivity contribution in [3.63, 3.8) is 0 Å². The molecule has 170 valence electrons. The summed E-state index contributed by atoms with van der Waals surface area (Å²) in [4.78, 5) is 27.6. The molecule has 1 aliphatic heterocycles. The van der Waals surface area contributed by atoms with Gasteiger partial charge in [0, 0.05) is 29.6 Å². The van der Waals surface area contributed by atoms with Crippen LogP contribution in [0.2, 0.25) is 0 Å². The van der Waals surface area contributed by atoms with Crippen molar-refractivity contribution in [1.82, 2.24) is 20.3 Å². The van der Waals surface area contributed by atoms with E-state index in [1.54, 1.807) is 17.7 Å². The Morgan fingerprint density at radius 1 is 1.21 bits per heavy atom. The molecule has 6 nitrogen and oxygen atoms in total. The molecule has 1 aliphatic rings. The number of ether oxygens (including phenoxy) is 1. The van der Waals surface area contributed by atoms with Crippen molar-refractivity contribution in [2.45, 2.75) is 57.4 Å². The number of rotatable bonds is 6. The number of aromatic nitrogens is 3. The first-order valence-electron chi connectivity index (χ1n) is 11.1. The number of hydrogen-bond acceptors (Lipinski definition) is 7. The van der Waals surface area contributed by atoms with Gasteiger partial charge < -0.3 is 10.1 Å². The third-order valence-electron chi connectivity index (χ3n) is 5.89. The molecule has 0 saturated heterocycles. The summed E-state index contributed by atoms with van der Waals surface area (Å²) in [6.45, 7) is 7.51. The molecule has 0 radical (unpaired) electrons. The van der Waals surface area contributed by atoms with Crippen LogP contribution < -0.4 is 5.32 Å². The quantitative estimate of drug-likeness (QED) is 0.308. The minimum atomic E-state index is -0.220. The van der Waals surface area contributed by atoms with Crippen molar-refractivity contribution in [1.29, 1.82) is 0 Å². The Morgan fingerprint density at radius 2 is 2.03 bits per heavy atom. The van der Waals surface area contributed by atoms with E-state index in [1.807, 2.05) is 30.3 Å². The van der Waals surface area contributed by atoms with Gasteiger partial charge in [-0.25, -0.2) is 15.0 Å². The van der Waals surface area contributed by atoms with Gasteiger partial charge in [-0.1, -0.05) is 49.0 Å². The lowest BCUT2D eigenvalue weighted by Gasteiger charge is -2.33. The number of nitrogens with one attached hydrogen (secondary N) is 1. The zero-order chi connectivity index (χ0) is 23.0. The number of nitrogens with zero attached hydrogens (tertiary/aromatic N) is 3. The molecular weight excluding hydrogens is 452 g/mol. The molecule has 0 fully saturated rings. The van der Waals surface area contributed by atoms with Gasteiger partial charge in [-0.2, -0.15) is 0 Å². The predicted octanol–water partition coefficient (Wildman–Crippen LogP) is 5.06. The van der Waals surface area contributed by atoms with Crippen molar-refractivity contribution in [2.75, 3.05) is 5.75 Å². The van der Waals surface area contributed by atoms with Crippen LogP contribution >= 0.6 is 23.1 Å². The van der Waals surface area contributed by atoms with Crippen LogP contribution in [0.5, 0.6) is 0 Å². The van der Waals surface area contributed by atoms with Crippen molar-refractivity contribution >= 4 is 49.4 Å². The van der Waals surface area contributed by atoms with E-state index >= 15 is 0 Å². The molecule has 0 unspecified atom stereocenters. The summed E-state index contributed by atoms with van der Waals surface area (Å²) in [5, 5.41) is 4.93. The molecule has 4 heterocycles. The molecule has 0 aliphatic carbocycles. The third kappa shape index (κ3) is 4.47. The Hall–Kier alpha value is -2.55. The van der Waals surface area contributed by atoms with Crippen LogP contribution in [0.1, 0.15) is 43.2 Å². The molecule has 1 N–H and O–H groups in total. The number of carbonyl (C=O) groups is 1. The minimum absolute atomic E-state index is 0.0144. The predicted molar refractivity (Wildman–Crippen MR) is 134 cm³/mol. The number of amides is 1. The number of pyridine rings is 1. The number of carbonyl (C=O) groups excluding carboxylic acids is 1. The van der Waals surface area contributed by atoms with Gasteiger partial charge in [0.25, 0.3) is 0 Å². The molecule has 8 heteroatoms. The lowest BCUT2D eigenvalue weighted by atomic mass is 9.89. The van der Waals surface area contributed by atoms with Crippen LogP contribution in [-0.2, 0) is 35.5 Å². The molecule has 33 heavy (non-hydrogen) atoms. The fraction of sp³-hybridized carbons (Fsp3) is 0.360. The van der Waals surface area contributed by atoms with Gasteiger partial charge >= 0.3 is 0 Å². The van der Waals surface area contributed by atoms with Crippen LogP contribution in [-0.4, -0.2) is 32.2 Å². The van der Waals surface area contributed by atoms with Gasteiger partial charge in [-0.3, -0.25) is 4.79 Å². The molecule has 3 aromatic heterocycles. The van der Waals surface area contributed by atoms with E-state index < -0.39 is 0 Å². The Balaban J connectivity index is 1.44. The average molecular weight is 479 g/mol. The largest absolute Gasteiger partial charge is 0.370 e. The standard InChI is InChI=1S/C25H26N4O2S2/c1-4-18-17-12-31-25(2,3)10-16(17)20-21-22(33-23(20)29-18)24(28-14-27-21)32-13-19(30)26-11-15-8-6-5-7-9-15/h5-9,14H,4,10-13H2,1-3H3,(H,26,30). The first kappa shape index (κ1) is 22.3. The van der Waals surface area contributed by atoms with Crippen molar-refractivity contribution in [3.05, 3.63) is 59.0 Å². The van der Waals surface area contributed by atoms with Gasteiger partial charge in [-0.05, 0) is 31.4 Å². The van der Waals surface area contributed by atoms with Crippen LogP contribution in [0.3, 0.4) is 0 Å². The van der Waals surface area contributed by atoms with Gasteiger partial charge in [-0.15, -0.1) is 11.3 Å². The SMILES string of the molecule is CCc1nc2sc3c(SCC(=O)NCc4ccccc4)ncnc3c2c2c1COC(C)(C)C2.